The van der Waals surface area contributed by atoms with Crippen LogP contribution in [0.1, 0.15) is 50.4 Å². The van der Waals surface area contributed by atoms with E-state index in [9.17, 15) is 0 Å². The molecule has 1 heterocycles. The Hall–Kier alpha value is -0.830. The van der Waals surface area contributed by atoms with Crippen molar-refractivity contribution < 1.29 is 0 Å². The number of hydrogen-bond donors (Lipinski definition) is 1. The maximum Gasteiger partial charge on any atom is 0.0641 e. The quantitative estimate of drug-likeness (QED) is 0.869. The van der Waals surface area contributed by atoms with Gasteiger partial charge in [0, 0.05) is 24.8 Å². The Morgan fingerprint density at radius 2 is 2.29 bits per heavy atom. The molecule has 1 aromatic rings. The molecule has 1 aliphatic rings. The zero-order valence-electron chi connectivity index (χ0n) is 11.5. The van der Waals surface area contributed by atoms with Gasteiger partial charge in [-0.25, -0.2) is 0 Å². The SMILES string of the molecule is Cc1nn(C)cc1C(C)NCC1CCC(C)C1. The smallest absolute Gasteiger partial charge is 0.0641 e. The van der Waals surface area contributed by atoms with Gasteiger partial charge in [-0.1, -0.05) is 13.3 Å². The van der Waals surface area contributed by atoms with Crippen LogP contribution in [0.25, 0.3) is 0 Å². The molecule has 0 saturated heterocycles. The van der Waals surface area contributed by atoms with E-state index in [2.05, 4.69) is 37.4 Å². The molecule has 2 rings (SSSR count). The van der Waals surface area contributed by atoms with E-state index in [-0.39, 0.29) is 0 Å². The van der Waals surface area contributed by atoms with Crippen molar-refractivity contribution >= 4 is 0 Å². The summed E-state index contributed by atoms with van der Waals surface area (Å²) in [7, 11) is 1.99. The van der Waals surface area contributed by atoms with Crippen LogP contribution in [-0.4, -0.2) is 16.3 Å². The van der Waals surface area contributed by atoms with E-state index in [0.29, 0.717) is 6.04 Å². The van der Waals surface area contributed by atoms with Gasteiger partial charge in [-0.05, 0) is 45.1 Å². The molecule has 0 aromatic carbocycles. The number of rotatable bonds is 4. The fourth-order valence-corrected chi connectivity index (χ4v) is 3.01. The van der Waals surface area contributed by atoms with E-state index in [4.69, 9.17) is 0 Å². The highest BCUT2D eigenvalue weighted by molar-refractivity contribution is 5.19. The van der Waals surface area contributed by atoms with Crippen LogP contribution in [-0.2, 0) is 7.05 Å². The maximum absolute atomic E-state index is 4.40. The topological polar surface area (TPSA) is 29.9 Å². The molecule has 0 radical (unpaired) electrons. The summed E-state index contributed by atoms with van der Waals surface area (Å²) in [5, 5.41) is 8.06. The molecule has 17 heavy (non-hydrogen) atoms. The summed E-state index contributed by atoms with van der Waals surface area (Å²) >= 11 is 0. The standard InChI is InChI=1S/C14H25N3/c1-10-5-6-13(7-10)8-15-11(2)14-9-17(4)16-12(14)3/h9-11,13,15H,5-8H2,1-4H3. The van der Waals surface area contributed by atoms with Crippen molar-refractivity contribution in [1.29, 1.82) is 0 Å². The largest absolute Gasteiger partial charge is 0.310 e. The summed E-state index contributed by atoms with van der Waals surface area (Å²) in [6.07, 6.45) is 6.33. The Morgan fingerprint density at radius 1 is 1.53 bits per heavy atom. The normalized spacial score (nSPS) is 26.4. The predicted molar refractivity (Wildman–Crippen MR) is 70.9 cm³/mol. The highest BCUT2D eigenvalue weighted by atomic mass is 15.3. The first-order valence-corrected chi connectivity index (χ1v) is 6.79. The first-order valence-electron chi connectivity index (χ1n) is 6.79. The molecular weight excluding hydrogens is 210 g/mol. The highest BCUT2D eigenvalue weighted by Crippen LogP contribution is 2.30. The van der Waals surface area contributed by atoms with Gasteiger partial charge in [0.15, 0.2) is 0 Å². The third kappa shape index (κ3) is 3.09. The monoisotopic (exact) mass is 235 g/mol. The zero-order valence-corrected chi connectivity index (χ0v) is 11.5. The summed E-state index contributed by atoms with van der Waals surface area (Å²) in [6.45, 7) is 7.85. The van der Waals surface area contributed by atoms with Crippen molar-refractivity contribution in [2.45, 2.75) is 46.1 Å². The molecule has 1 aromatic heterocycles. The van der Waals surface area contributed by atoms with Crippen LogP contribution in [0.4, 0.5) is 0 Å². The predicted octanol–water partition coefficient (Wildman–Crippen LogP) is 2.82. The number of aromatic nitrogens is 2. The summed E-state index contributed by atoms with van der Waals surface area (Å²) in [6, 6.07) is 0.416. The van der Waals surface area contributed by atoms with E-state index in [1.54, 1.807) is 0 Å². The van der Waals surface area contributed by atoms with Crippen LogP contribution >= 0.6 is 0 Å². The number of aryl methyl sites for hydroxylation is 2. The van der Waals surface area contributed by atoms with Crippen LogP contribution < -0.4 is 5.32 Å². The van der Waals surface area contributed by atoms with Gasteiger partial charge in [-0.2, -0.15) is 5.10 Å². The average Bonchev–Trinajstić information content (AvgIpc) is 2.81. The lowest BCUT2D eigenvalue weighted by atomic mass is 10.0. The molecular formula is C14H25N3. The second-order valence-corrected chi connectivity index (χ2v) is 5.76. The Labute approximate surface area is 105 Å². The van der Waals surface area contributed by atoms with Crippen LogP contribution in [0.15, 0.2) is 6.20 Å². The Morgan fingerprint density at radius 3 is 2.82 bits per heavy atom. The van der Waals surface area contributed by atoms with E-state index < -0.39 is 0 Å². The molecule has 0 amide bonds. The van der Waals surface area contributed by atoms with Gasteiger partial charge < -0.3 is 5.32 Å². The van der Waals surface area contributed by atoms with E-state index in [0.717, 1.165) is 24.1 Å². The molecule has 3 heteroatoms. The second kappa shape index (κ2) is 5.21. The molecule has 1 aliphatic carbocycles. The Kier molecular flexibility index (Phi) is 3.87. The van der Waals surface area contributed by atoms with Gasteiger partial charge >= 0.3 is 0 Å². The minimum atomic E-state index is 0.416. The molecule has 0 aliphatic heterocycles. The number of hydrogen-bond acceptors (Lipinski definition) is 2. The lowest BCUT2D eigenvalue weighted by Crippen LogP contribution is -2.24. The van der Waals surface area contributed by atoms with Crippen molar-refractivity contribution in [3.05, 3.63) is 17.5 Å². The molecule has 96 valence electrons. The fraction of sp³-hybridized carbons (Fsp3) is 0.786. The third-order valence-electron chi connectivity index (χ3n) is 4.03. The van der Waals surface area contributed by atoms with Crippen molar-refractivity contribution in [3.63, 3.8) is 0 Å². The zero-order chi connectivity index (χ0) is 12.4. The minimum Gasteiger partial charge on any atom is -0.310 e. The molecule has 3 atom stereocenters. The van der Waals surface area contributed by atoms with Crippen molar-refractivity contribution in [2.75, 3.05) is 6.54 Å². The van der Waals surface area contributed by atoms with Crippen LogP contribution in [0, 0.1) is 18.8 Å². The molecule has 3 unspecified atom stereocenters. The van der Waals surface area contributed by atoms with Gasteiger partial charge in [0.1, 0.15) is 0 Å². The second-order valence-electron chi connectivity index (χ2n) is 5.76. The summed E-state index contributed by atoms with van der Waals surface area (Å²) < 4.78 is 1.90. The summed E-state index contributed by atoms with van der Waals surface area (Å²) in [5.41, 5.74) is 2.48. The summed E-state index contributed by atoms with van der Waals surface area (Å²) in [4.78, 5) is 0. The van der Waals surface area contributed by atoms with Gasteiger partial charge in [0.25, 0.3) is 0 Å². The number of nitrogens with zero attached hydrogens (tertiary/aromatic N) is 2. The van der Waals surface area contributed by atoms with Gasteiger partial charge in [0.2, 0.25) is 0 Å². The Balaban J connectivity index is 1.85. The first kappa shape index (κ1) is 12.6. The minimum absolute atomic E-state index is 0.416. The summed E-state index contributed by atoms with van der Waals surface area (Å²) in [5.74, 6) is 1.81. The molecule has 1 fully saturated rings. The average molecular weight is 235 g/mol. The van der Waals surface area contributed by atoms with Crippen LogP contribution in [0.5, 0.6) is 0 Å². The molecule has 1 N–H and O–H groups in total. The van der Waals surface area contributed by atoms with E-state index in [1.807, 2.05) is 11.7 Å². The molecule has 0 spiro atoms. The molecule has 1 saturated carbocycles. The van der Waals surface area contributed by atoms with E-state index >= 15 is 0 Å². The molecule has 3 nitrogen and oxygen atoms in total. The van der Waals surface area contributed by atoms with Crippen molar-refractivity contribution in [3.8, 4) is 0 Å². The van der Waals surface area contributed by atoms with Crippen LogP contribution in [0.2, 0.25) is 0 Å². The fourth-order valence-electron chi connectivity index (χ4n) is 3.01. The van der Waals surface area contributed by atoms with Gasteiger partial charge in [0.05, 0.1) is 5.69 Å². The first-order chi connectivity index (χ1) is 8.06. The van der Waals surface area contributed by atoms with Crippen molar-refractivity contribution in [1.82, 2.24) is 15.1 Å². The Bertz CT molecular complexity index is 370. The van der Waals surface area contributed by atoms with Gasteiger partial charge in [-0.15, -0.1) is 0 Å². The van der Waals surface area contributed by atoms with Crippen LogP contribution in [0.3, 0.4) is 0 Å². The third-order valence-corrected chi connectivity index (χ3v) is 4.03. The van der Waals surface area contributed by atoms with Crippen molar-refractivity contribution in [2.24, 2.45) is 18.9 Å². The molecule has 0 bridgehead atoms. The van der Waals surface area contributed by atoms with Gasteiger partial charge in [-0.3, -0.25) is 4.68 Å². The maximum atomic E-state index is 4.40. The lowest BCUT2D eigenvalue weighted by molar-refractivity contribution is 0.439. The highest BCUT2D eigenvalue weighted by Gasteiger charge is 2.22. The lowest BCUT2D eigenvalue weighted by Gasteiger charge is -2.16. The van der Waals surface area contributed by atoms with E-state index in [1.165, 1.54) is 24.8 Å². The number of nitrogens with one attached hydrogen (secondary N) is 1.